The molecule has 2 aliphatic carbocycles. The summed E-state index contributed by atoms with van der Waals surface area (Å²) in [4.78, 5) is 11.2. The number of carboxylic acid groups (broad SMARTS) is 1. The summed E-state index contributed by atoms with van der Waals surface area (Å²) in [5, 5.41) is 17.2. The molecule has 0 unspecified atom stereocenters. The molecule has 0 aromatic carbocycles. The summed E-state index contributed by atoms with van der Waals surface area (Å²) in [6.45, 7) is 0. The van der Waals surface area contributed by atoms with Gasteiger partial charge in [0, 0.05) is 5.92 Å². The molecule has 5 nitrogen and oxygen atoms in total. The summed E-state index contributed by atoms with van der Waals surface area (Å²) in [5.74, 6) is -0.562. The van der Waals surface area contributed by atoms with Crippen molar-refractivity contribution in [2.75, 3.05) is 0 Å². The van der Waals surface area contributed by atoms with Crippen molar-refractivity contribution in [1.82, 2.24) is 15.0 Å². The van der Waals surface area contributed by atoms with Gasteiger partial charge in [0.25, 0.3) is 0 Å². The van der Waals surface area contributed by atoms with Crippen molar-refractivity contribution in [3.8, 4) is 0 Å². The number of carboxylic acids is 1. The second kappa shape index (κ2) is 4.13. The van der Waals surface area contributed by atoms with Crippen LogP contribution in [-0.4, -0.2) is 26.1 Å². The highest BCUT2D eigenvalue weighted by molar-refractivity contribution is 5.86. The molecule has 2 saturated carbocycles. The highest BCUT2D eigenvalue weighted by atomic mass is 16.4. The van der Waals surface area contributed by atoms with Crippen molar-refractivity contribution < 1.29 is 9.90 Å². The first-order valence-corrected chi connectivity index (χ1v) is 6.45. The molecule has 1 heterocycles. The smallest absolute Gasteiger partial charge is 0.358 e. The number of hydrogen-bond donors (Lipinski definition) is 1. The normalized spacial score (nSPS) is 21.6. The van der Waals surface area contributed by atoms with Crippen molar-refractivity contribution in [2.24, 2.45) is 0 Å². The molecule has 0 atom stereocenters. The van der Waals surface area contributed by atoms with Crippen LogP contribution in [0.2, 0.25) is 0 Å². The van der Waals surface area contributed by atoms with Crippen molar-refractivity contribution in [3.63, 3.8) is 0 Å². The van der Waals surface area contributed by atoms with Gasteiger partial charge >= 0.3 is 5.97 Å². The van der Waals surface area contributed by atoms with Crippen LogP contribution in [0, 0.1) is 0 Å². The fraction of sp³-hybridized carbons (Fsp3) is 0.750. The molecule has 0 spiro atoms. The fourth-order valence-corrected chi connectivity index (χ4v) is 2.93. The number of hydrogen-bond acceptors (Lipinski definition) is 3. The molecule has 1 aromatic rings. The SMILES string of the molecule is O=C(O)c1nnn(C2CCCC2)c1C1CCC1. The minimum absolute atomic E-state index is 0.182. The molecule has 2 fully saturated rings. The number of rotatable bonds is 3. The lowest BCUT2D eigenvalue weighted by atomic mass is 9.82. The Hall–Kier alpha value is -1.39. The summed E-state index contributed by atoms with van der Waals surface area (Å²) in [6, 6.07) is 0.381. The predicted molar refractivity (Wildman–Crippen MR) is 61.1 cm³/mol. The van der Waals surface area contributed by atoms with Crippen LogP contribution in [0.3, 0.4) is 0 Å². The van der Waals surface area contributed by atoms with Crippen molar-refractivity contribution >= 4 is 5.97 Å². The number of aromatic nitrogens is 3. The minimum Gasteiger partial charge on any atom is -0.476 e. The van der Waals surface area contributed by atoms with Crippen LogP contribution >= 0.6 is 0 Å². The van der Waals surface area contributed by atoms with E-state index in [2.05, 4.69) is 10.3 Å². The molecular formula is C12H17N3O2. The van der Waals surface area contributed by atoms with Gasteiger partial charge in [0.15, 0.2) is 5.69 Å². The number of nitrogens with zero attached hydrogens (tertiary/aromatic N) is 3. The maximum atomic E-state index is 11.2. The summed E-state index contributed by atoms with van der Waals surface area (Å²) < 4.78 is 1.92. The van der Waals surface area contributed by atoms with Crippen molar-refractivity contribution in [3.05, 3.63) is 11.4 Å². The standard InChI is InChI=1S/C12H17N3O2/c16-12(17)10-11(8-4-3-5-8)15(14-13-10)9-6-1-2-7-9/h8-9H,1-7H2,(H,16,17). The molecule has 3 rings (SSSR count). The first-order chi connectivity index (χ1) is 8.27. The van der Waals surface area contributed by atoms with Gasteiger partial charge in [-0.05, 0) is 25.7 Å². The van der Waals surface area contributed by atoms with Crippen LogP contribution in [-0.2, 0) is 0 Å². The van der Waals surface area contributed by atoms with E-state index in [-0.39, 0.29) is 5.69 Å². The largest absolute Gasteiger partial charge is 0.476 e. The molecule has 92 valence electrons. The Morgan fingerprint density at radius 2 is 1.88 bits per heavy atom. The zero-order chi connectivity index (χ0) is 11.8. The van der Waals surface area contributed by atoms with Gasteiger partial charge in [0.05, 0.1) is 11.7 Å². The average molecular weight is 235 g/mol. The second-order valence-corrected chi connectivity index (χ2v) is 5.14. The predicted octanol–water partition coefficient (Wildman–Crippen LogP) is 2.36. The Labute approximate surface area is 99.8 Å². The van der Waals surface area contributed by atoms with Gasteiger partial charge in [-0.1, -0.05) is 24.5 Å². The van der Waals surface area contributed by atoms with Crippen LogP contribution in [0.15, 0.2) is 0 Å². The van der Waals surface area contributed by atoms with Crippen molar-refractivity contribution in [1.29, 1.82) is 0 Å². The molecule has 0 aliphatic heterocycles. The van der Waals surface area contributed by atoms with Gasteiger partial charge in [-0.3, -0.25) is 0 Å². The topological polar surface area (TPSA) is 68.0 Å². The highest BCUT2D eigenvalue weighted by Gasteiger charge is 2.33. The van der Waals surface area contributed by atoms with E-state index in [9.17, 15) is 9.90 Å². The fourth-order valence-electron chi connectivity index (χ4n) is 2.93. The Balaban J connectivity index is 1.98. The molecule has 0 bridgehead atoms. The first-order valence-electron chi connectivity index (χ1n) is 6.45. The third-order valence-electron chi connectivity index (χ3n) is 4.10. The van der Waals surface area contributed by atoms with E-state index < -0.39 is 5.97 Å². The molecule has 0 amide bonds. The van der Waals surface area contributed by atoms with Crippen LogP contribution in [0.4, 0.5) is 0 Å². The number of carbonyl (C=O) groups is 1. The first kappa shape index (κ1) is 10.7. The number of aromatic carboxylic acids is 1. The van der Waals surface area contributed by atoms with Gasteiger partial charge in [-0.2, -0.15) is 0 Å². The molecule has 0 radical (unpaired) electrons. The Morgan fingerprint density at radius 3 is 2.41 bits per heavy atom. The monoisotopic (exact) mass is 235 g/mol. The third kappa shape index (κ3) is 1.73. The van der Waals surface area contributed by atoms with Gasteiger partial charge in [0.2, 0.25) is 0 Å². The lowest BCUT2D eigenvalue weighted by Gasteiger charge is -2.27. The van der Waals surface area contributed by atoms with E-state index in [0.29, 0.717) is 12.0 Å². The maximum Gasteiger partial charge on any atom is 0.358 e. The molecule has 17 heavy (non-hydrogen) atoms. The van der Waals surface area contributed by atoms with Gasteiger partial charge in [-0.25, -0.2) is 9.48 Å². The highest BCUT2D eigenvalue weighted by Crippen LogP contribution is 2.40. The third-order valence-corrected chi connectivity index (χ3v) is 4.10. The minimum atomic E-state index is -0.934. The van der Waals surface area contributed by atoms with Crippen LogP contribution in [0.1, 0.15) is 73.1 Å². The quantitative estimate of drug-likeness (QED) is 0.873. The zero-order valence-corrected chi connectivity index (χ0v) is 9.80. The summed E-state index contributed by atoms with van der Waals surface area (Å²) >= 11 is 0. The summed E-state index contributed by atoms with van der Waals surface area (Å²) in [7, 11) is 0. The Kier molecular flexibility index (Phi) is 2.61. The van der Waals surface area contributed by atoms with E-state index in [1.807, 2.05) is 4.68 Å². The zero-order valence-electron chi connectivity index (χ0n) is 9.80. The van der Waals surface area contributed by atoms with Crippen molar-refractivity contribution in [2.45, 2.75) is 56.9 Å². The Morgan fingerprint density at radius 1 is 1.18 bits per heavy atom. The Bertz CT molecular complexity index is 431. The molecule has 0 saturated heterocycles. The molecule has 1 aromatic heterocycles. The molecular weight excluding hydrogens is 218 g/mol. The van der Waals surface area contributed by atoms with Gasteiger partial charge in [0.1, 0.15) is 0 Å². The van der Waals surface area contributed by atoms with E-state index in [0.717, 1.165) is 31.4 Å². The second-order valence-electron chi connectivity index (χ2n) is 5.14. The molecule has 5 heteroatoms. The van der Waals surface area contributed by atoms with Crippen LogP contribution < -0.4 is 0 Å². The summed E-state index contributed by atoms with van der Waals surface area (Å²) in [5.41, 5.74) is 1.07. The van der Waals surface area contributed by atoms with E-state index in [1.54, 1.807) is 0 Å². The van der Waals surface area contributed by atoms with E-state index >= 15 is 0 Å². The maximum absolute atomic E-state index is 11.2. The molecule has 1 N–H and O–H groups in total. The lowest BCUT2D eigenvalue weighted by molar-refractivity contribution is 0.0687. The van der Waals surface area contributed by atoms with Crippen LogP contribution in [0.5, 0.6) is 0 Å². The lowest BCUT2D eigenvalue weighted by Crippen LogP contribution is -2.20. The average Bonchev–Trinajstić information content (AvgIpc) is 2.80. The van der Waals surface area contributed by atoms with Crippen LogP contribution in [0.25, 0.3) is 0 Å². The van der Waals surface area contributed by atoms with E-state index in [4.69, 9.17) is 0 Å². The van der Waals surface area contributed by atoms with Gasteiger partial charge < -0.3 is 5.11 Å². The summed E-state index contributed by atoms with van der Waals surface area (Å²) in [6.07, 6.45) is 8.03. The molecule has 2 aliphatic rings. The van der Waals surface area contributed by atoms with E-state index in [1.165, 1.54) is 19.3 Å². The van der Waals surface area contributed by atoms with Gasteiger partial charge in [-0.15, -0.1) is 5.10 Å².